The van der Waals surface area contributed by atoms with Gasteiger partial charge in [0.2, 0.25) is 0 Å². The van der Waals surface area contributed by atoms with Gasteiger partial charge in [0.05, 0.1) is 11.6 Å². The van der Waals surface area contributed by atoms with E-state index in [4.69, 9.17) is 0 Å². The summed E-state index contributed by atoms with van der Waals surface area (Å²) in [4.78, 5) is 0. The molecule has 0 aliphatic heterocycles. The van der Waals surface area contributed by atoms with Crippen LogP contribution in [-0.4, -0.2) is 0 Å². The van der Waals surface area contributed by atoms with Crippen molar-refractivity contribution >= 4 is 32.3 Å². The van der Waals surface area contributed by atoms with E-state index in [1.807, 2.05) is 24.3 Å². The summed E-state index contributed by atoms with van der Waals surface area (Å²) in [5.41, 5.74) is 0.375. The van der Waals surface area contributed by atoms with Gasteiger partial charge < -0.3 is 0 Å². The van der Waals surface area contributed by atoms with Crippen LogP contribution in [0.15, 0.2) is 60.7 Å². The molecule has 0 fully saturated rings. The molecule has 0 aromatic heterocycles. The van der Waals surface area contributed by atoms with Gasteiger partial charge >= 0.3 is 0 Å². The van der Waals surface area contributed by atoms with Crippen LogP contribution in [0.4, 0.5) is 4.39 Å². The molecule has 0 aliphatic carbocycles. The highest BCUT2D eigenvalue weighted by Gasteiger charge is 2.06. The Morgan fingerprint density at radius 1 is 0.714 bits per heavy atom. The lowest BCUT2D eigenvalue weighted by Gasteiger charge is -2.06. The van der Waals surface area contributed by atoms with Crippen molar-refractivity contribution in [3.8, 4) is 6.07 Å². The molecule has 0 N–H and O–H groups in total. The number of nitriles is 1. The molecule has 0 saturated carbocycles. The molecule has 0 aliphatic rings. The fraction of sp³-hybridized carbons (Fsp3) is 0. The smallest absolute Gasteiger partial charge is 0.125 e. The van der Waals surface area contributed by atoms with Crippen LogP contribution in [0.25, 0.3) is 32.3 Å². The zero-order valence-corrected chi connectivity index (χ0v) is 11.1. The van der Waals surface area contributed by atoms with E-state index in [-0.39, 0.29) is 5.82 Å². The summed E-state index contributed by atoms with van der Waals surface area (Å²) >= 11 is 0. The number of rotatable bonds is 0. The minimum atomic E-state index is -0.376. The number of benzene rings is 4. The molecule has 0 unspecified atom stereocenters. The summed E-state index contributed by atoms with van der Waals surface area (Å²) in [6, 6.07) is 21.1. The normalized spacial score (nSPS) is 11.0. The summed E-state index contributed by atoms with van der Waals surface area (Å²) in [5.74, 6) is -0.376. The van der Waals surface area contributed by atoms with Crippen molar-refractivity contribution in [1.29, 1.82) is 5.26 Å². The Bertz CT molecular complexity index is 1060. The molecule has 0 atom stereocenters. The lowest BCUT2D eigenvalue weighted by atomic mass is 9.97. The number of halogens is 1. The van der Waals surface area contributed by atoms with Crippen LogP contribution in [0, 0.1) is 17.1 Å². The Labute approximate surface area is 120 Å². The molecular weight excluding hydrogens is 261 g/mol. The topological polar surface area (TPSA) is 23.8 Å². The Kier molecular flexibility index (Phi) is 2.43. The summed E-state index contributed by atoms with van der Waals surface area (Å²) < 4.78 is 13.6. The largest absolute Gasteiger partial charge is 0.207 e. The van der Waals surface area contributed by atoms with Gasteiger partial charge in [0, 0.05) is 5.39 Å². The molecule has 0 bridgehead atoms. The Hall–Kier alpha value is -2.92. The molecule has 98 valence electrons. The second kappa shape index (κ2) is 4.29. The van der Waals surface area contributed by atoms with Crippen LogP contribution in [0.2, 0.25) is 0 Å². The molecule has 2 heteroatoms. The second-order valence-corrected chi connectivity index (χ2v) is 5.19. The van der Waals surface area contributed by atoms with Gasteiger partial charge in [-0.2, -0.15) is 5.26 Å². The van der Waals surface area contributed by atoms with E-state index >= 15 is 0 Å². The Balaban J connectivity index is 2.18. The summed E-state index contributed by atoms with van der Waals surface area (Å²) in [6.45, 7) is 0. The number of fused-ring (bicyclic) bond motifs is 3. The summed E-state index contributed by atoms with van der Waals surface area (Å²) in [5, 5.41) is 15.2. The predicted molar refractivity (Wildman–Crippen MR) is 83.6 cm³/mol. The monoisotopic (exact) mass is 271 g/mol. The van der Waals surface area contributed by atoms with E-state index in [9.17, 15) is 9.65 Å². The minimum absolute atomic E-state index is 0.375. The first kappa shape index (κ1) is 11.9. The third kappa shape index (κ3) is 1.83. The second-order valence-electron chi connectivity index (χ2n) is 5.19. The molecule has 4 aromatic rings. The highest BCUT2D eigenvalue weighted by atomic mass is 19.1. The zero-order valence-electron chi connectivity index (χ0n) is 11.1. The number of hydrogen-bond acceptors (Lipinski definition) is 1. The van der Waals surface area contributed by atoms with Gasteiger partial charge in [0.1, 0.15) is 5.82 Å². The first-order valence-electron chi connectivity index (χ1n) is 6.70. The molecular formula is C19H10FN. The Morgan fingerprint density at radius 2 is 1.33 bits per heavy atom. The maximum Gasteiger partial charge on any atom is 0.125 e. The van der Waals surface area contributed by atoms with Gasteiger partial charge in [-0.05, 0) is 63.3 Å². The van der Waals surface area contributed by atoms with Crippen LogP contribution in [0.5, 0.6) is 0 Å². The molecule has 21 heavy (non-hydrogen) atoms. The lowest BCUT2D eigenvalue weighted by Crippen LogP contribution is -1.85. The molecule has 4 rings (SSSR count). The van der Waals surface area contributed by atoms with E-state index in [1.54, 1.807) is 0 Å². The molecule has 0 saturated heterocycles. The van der Waals surface area contributed by atoms with Gasteiger partial charge in [-0.1, -0.05) is 24.3 Å². The van der Waals surface area contributed by atoms with Crippen LogP contribution >= 0.6 is 0 Å². The van der Waals surface area contributed by atoms with E-state index in [2.05, 4.69) is 30.3 Å². The van der Waals surface area contributed by atoms with Crippen molar-refractivity contribution in [2.45, 2.75) is 0 Å². The van der Waals surface area contributed by atoms with Crippen molar-refractivity contribution in [3.05, 3.63) is 72.0 Å². The molecule has 0 radical (unpaired) electrons. The van der Waals surface area contributed by atoms with Crippen molar-refractivity contribution in [2.24, 2.45) is 0 Å². The molecule has 4 aromatic carbocycles. The van der Waals surface area contributed by atoms with Crippen molar-refractivity contribution in [3.63, 3.8) is 0 Å². The van der Waals surface area contributed by atoms with E-state index in [1.165, 1.54) is 12.1 Å². The Morgan fingerprint density at radius 3 is 2.00 bits per heavy atom. The third-order valence-corrected chi connectivity index (χ3v) is 3.86. The maximum absolute atomic E-state index is 13.6. The minimum Gasteiger partial charge on any atom is -0.207 e. The highest BCUT2D eigenvalue weighted by Crippen LogP contribution is 2.29. The first-order chi connectivity index (χ1) is 10.2. The predicted octanol–water partition coefficient (Wildman–Crippen LogP) is 5.16. The first-order valence-corrected chi connectivity index (χ1v) is 6.70. The van der Waals surface area contributed by atoms with Gasteiger partial charge in [-0.25, -0.2) is 4.39 Å². The van der Waals surface area contributed by atoms with Crippen LogP contribution in [0.1, 0.15) is 5.56 Å². The van der Waals surface area contributed by atoms with Crippen LogP contribution in [-0.2, 0) is 0 Å². The van der Waals surface area contributed by atoms with Gasteiger partial charge in [0.15, 0.2) is 0 Å². The number of nitrogens with zero attached hydrogens (tertiary/aromatic N) is 1. The summed E-state index contributed by atoms with van der Waals surface area (Å²) in [6.07, 6.45) is 0. The quantitative estimate of drug-likeness (QED) is 0.405. The highest BCUT2D eigenvalue weighted by molar-refractivity contribution is 6.05. The van der Waals surface area contributed by atoms with Crippen molar-refractivity contribution in [2.75, 3.05) is 0 Å². The van der Waals surface area contributed by atoms with Crippen molar-refractivity contribution < 1.29 is 4.39 Å². The van der Waals surface area contributed by atoms with E-state index in [0.29, 0.717) is 5.56 Å². The van der Waals surface area contributed by atoms with Gasteiger partial charge in [-0.3, -0.25) is 0 Å². The molecule has 1 nitrogen and oxygen atoms in total. The van der Waals surface area contributed by atoms with E-state index < -0.39 is 0 Å². The fourth-order valence-corrected chi connectivity index (χ4v) is 2.86. The third-order valence-electron chi connectivity index (χ3n) is 3.86. The molecule has 0 heterocycles. The lowest BCUT2D eigenvalue weighted by molar-refractivity contribution is 0.629. The molecule has 0 amide bonds. The van der Waals surface area contributed by atoms with Gasteiger partial charge in [-0.15, -0.1) is 0 Å². The van der Waals surface area contributed by atoms with Crippen LogP contribution in [0.3, 0.4) is 0 Å². The van der Waals surface area contributed by atoms with Crippen molar-refractivity contribution in [1.82, 2.24) is 0 Å². The van der Waals surface area contributed by atoms with Gasteiger partial charge in [0.25, 0.3) is 0 Å². The maximum atomic E-state index is 13.6. The standard InChI is InChI=1S/C19H10FN/c20-18-8-16-7-14-5-12-3-1-2-4-13(12)6-15(14)10-19(16)17(9-18)11-21/h1-10H. The molecule has 0 spiro atoms. The number of hydrogen-bond donors (Lipinski definition) is 0. The van der Waals surface area contributed by atoms with Crippen LogP contribution < -0.4 is 0 Å². The zero-order chi connectivity index (χ0) is 14.4. The average molecular weight is 271 g/mol. The van der Waals surface area contributed by atoms with E-state index in [0.717, 1.165) is 32.3 Å². The fourth-order valence-electron chi connectivity index (χ4n) is 2.86. The summed E-state index contributed by atoms with van der Waals surface area (Å²) in [7, 11) is 0. The SMILES string of the molecule is N#Cc1cc(F)cc2cc3cc4ccccc4cc3cc12. The average Bonchev–Trinajstić information content (AvgIpc) is 2.50.